The van der Waals surface area contributed by atoms with Gasteiger partial charge in [0.25, 0.3) is 0 Å². The fourth-order valence-electron chi connectivity index (χ4n) is 1.99. The molecule has 0 fully saturated rings. The summed E-state index contributed by atoms with van der Waals surface area (Å²) in [5.41, 5.74) is 0. The Labute approximate surface area is 149 Å². The maximum Gasteiger partial charge on any atom is 0.0701 e. The van der Waals surface area contributed by atoms with Crippen LogP contribution in [0.3, 0.4) is 0 Å². The first-order valence-corrected chi connectivity index (χ1v) is 9.78. The minimum Gasteiger partial charge on any atom is -0.394 e. The standard InChI is InChI=1S/C13H28O.C6H14O4/c1-3-5-7-8-9-11-13-14-12-10-6-4-2;7-1-3-9-5-6-10-4-2-8/h3-13H2,1-2H3;7-8H,1-6H2. The van der Waals surface area contributed by atoms with Gasteiger partial charge in [0.1, 0.15) is 0 Å². The maximum absolute atomic E-state index is 8.26. The first-order chi connectivity index (χ1) is 11.8. The zero-order chi connectivity index (χ0) is 18.1. The van der Waals surface area contributed by atoms with Crippen LogP contribution in [0.25, 0.3) is 0 Å². The second-order valence-electron chi connectivity index (χ2n) is 5.76. The van der Waals surface area contributed by atoms with Crippen molar-refractivity contribution in [3.05, 3.63) is 0 Å². The van der Waals surface area contributed by atoms with E-state index in [1.165, 1.54) is 57.8 Å². The summed E-state index contributed by atoms with van der Waals surface area (Å²) in [6.45, 7) is 8.18. The molecule has 0 atom stereocenters. The molecule has 0 saturated carbocycles. The average Bonchev–Trinajstić information content (AvgIpc) is 2.60. The number of aliphatic hydroxyl groups is 2. The van der Waals surface area contributed by atoms with Crippen LogP contribution >= 0.6 is 0 Å². The number of unbranched alkanes of at least 4 members (excludes halogenated alkanes) is 7. The van der Waals surface area contributed by atoms with Gasteiger partial charge in [0.05, 0.1) is 39.6 Å². The van der Waals surface area contributed by atoms with Crippen molar-refractivity contribution in [3.63, 3.8) is 0 Å². The summed E-state index contributed by atoms with van der Waals surface area (Å²) in [5, 5.41) is 16.5. The van der Waals surface area contributed by atoms with Gasteiger partial charge in [0.15, 0.2) is 0 Å². The second-order valence-corrected chi connectivity index (χ2v) is 5.76. The molecular formula is C19H42O5. The summed E-state index contributed by atoms with van der Waals surface area (Å²) in [4.78, 5) is 0. The second kappa shape index (κ2) is 27.6. The van der Waals surface area contributed by atoms with Crippen LogP contribution in [0.1, 0.15) is 71.6 Å². The van der Waals surface area contributed by atoms with E-state index >= 15 is 0 Å². The Morgan fingerprint density at radius 2 is 0.833 bits per heavy atom. The molecule has 0 aromatic heterocycles. The SMILES string of the molecule is CCCCCCCCOCCCCC.OCCOCCOCCO. The van der Waals surface area contributed by atoms with Crippen molar-refractivity contribution in [2.75, 3.05) is 52.9 Å². The van der Waals surface area contributed by atoms with Crippen molar-refractivity contribution >= 4 is 0 Å². The van der Waals surface area contributed by atoms with Crippen molar-refractivity contribution in [2.24, 2.45) is 0 Å². The number of hydrogen-bond donors (Lipinski definition) is 2. The summed E-state index contributed by atoms with van der Waals surface area (Å²) in [7, 11) is 0. The Bertz CT molecular complexity index is 171. The Hall–Kier alpha value is -0.200. The van der Waals surface area contributed by atoms with E-state index in [1.807, 2.05) is 0 Å². The Morgan fingerprint density at radius 1 is 0.458 bits per heavy atom. The van der Waals surface area contributed by atoms with Gasteiger partial charge in [0, 0.05) is 13.2 Å². The molecular weight excluding hydrogens is 308 g/mol. The van der Waals surface area contributed by atoms with Gasteiger partial charge in [-0.05, 0) is 12.8 Å². The van der Waals surface area contributed by atoms with E-state index in [0.29, 0.717) is 26.4 Å². The first-order valence-electron chi connectivity index (χ1n) is 9.78. The molecule has 0 amide bonds. The van der Waals surface area contributed by atoms with E-state index < -0.39 is 0 Å². The predicted octanol–water partition coefficient (Wildman–Crippen LogP) is 3.56. The van der Waals surface area contributed by atoms with Crippen molar-refractivity contribution in [1.82, 2.24) is 0 Å². The summed E-state index contributed by atoms with van der Waals surface area (Å²) < 4.78 is 15.3. The van der Waals surface area contributed by atoms with Gasteiger partial charge in [-0.1, -0.05) is 58.8 Å². The van der Waals surface area contributed by atoms with Gasteiger partial charge >= 0.3 is 0 Å². The molecule has 0 radical (unpaired) electrons. The molecule has 0 aromatic rings. The minimum absolute atomic E-state index is 0.0417. The largest absolute Gasteiger partial charge is 0.394 e. The predicted molar refractivity (Wildman–Crippen MR) is 99.5 cm³/mol. The number of aliphatic hydroxyl groups excluding tert-OH is 2. The zero-order valence-corrected chi connectivity index (χ0v) is 16.1. The fraction of sp³-hybridized carbons (Fsp3) is 1.00. The van der Waals surface area contributed by atoms with Crippen molar-refractivity contribution < 1.29 is 24.4 Å². The highest BCUT2D eigenvalue weighted by molar-refractivity contribution is 4.43. The molecule has 0 heterocycles. The third-order valence-corrected chi connectivity index (χ3v) is 3.38. The zero-order valence-electron chi connectivity index (χ0n) is 16.1. The maximum atomic E-state index is 8.26. The van der Waals surface area contributed by atoms with E-state index in [0.717, 1.165) is 13.2 Å². The van der Waals surface area contributed by atoms with E-state index in [-0.39, 0.29) is 13.2 Å². The Balaban J connectivity index is 0. The molecule has 0 aliphatic carbocycles. The van der Waals surface area contributed by atoms with Crippen LogP contribution in [0.5, 0.6) is 0 Å². The summed E-state index contributed by atoms with van der Waals surface area (Å²) in [6.07, 6.45) is 12.0. The van der Waals surface area contributed by atoms with Crippen LogP contribution in [0.4, 0.5) is 0 Å². The van der Waals surface area contributed by atoms with Crippen molar-refractivity contribution in [2.45, 2.75) is 71.6 Å². The third-order valence-electron chi connectivity index (χ3n) is 3.38. The third kappa shape index (κ3) is 29.8. The summed E-state index contributed by atoms with van der Waals surface area (Å²) >= 11 is 0. The van der Waals surface area contributed by atoms with E-state index in [9.17, 15) is 0 Å². The number of ether oxygens (including phenoxy) is 3. The molecule has 2 N–H and O–H groups in total. The molecule has 0 saturated heterocycles. The van der Waals surface area contributed by atoms with E-state index in [4.69, 9.17) is 24.4 Å². The van der Waals surface area contributed by atoms with Crippen molar-refractivity contribution in [1.29, 1.82) is 0 Å². The smallest absolute Gasteiger partial charge is 0.0701 e. The van der Waals surface area contributed by atoms with Crippen LogP contribution in [0, 0.1) is 0 Å². The fourth-order valence-corrected chi connectivity index (χ4v) is 1.99. The normalized spacial score (nSPS) is 10.5. The van der Waals surface area contributed by atoms with Gasteiger partial charge in [-0.15, -0.1) is 0 Å². The highest BCUT2D eigenvalue weighted by atomic mass is 16.5. The highest BCUT2D eigenvalue weighted by Crippen LogP contribution is 2.05. The number of hydrogen-bond acceptors (Lipinski definition) is 5. The topological polar surface area (TPSA) is 68.2 Å². The van der Waals surface area contributed by atoms with Crippen molar-refractivity contribution in [3.8, 4) is 0 Å². The molecule has 0 aliphatic rings. The quantitative estimate of drug-likeness (QED) is 0.370. The minimum atomic E-state index is 0.0417. The van der Waals surface area contributed by atoms with E-state index in [2.05, 4.69) is 13.8 Å². The van der Waals surface area contributed by atoms with Gasteiger partial charge in [-0.3, -0.25) is 0 Å². The number of rotatable bonds is 18. The lowest BCUT2D eigenvalue weighted by molar-refractivity contribution is 0.0222. The molecule has 0 bridgehead atoms. The molecule has 0 rings (SSSR count). The molecule has 0 aliphatic heterocycles. The van der Waals surface area contributed by atoms with Crippen LogP contribution in [-0.2, 0) is 14.2 Å². The average molecular weight is 351 g/mol. The monoisotopic (exact) mass is 350 g/mol. The molecule has 24 heavy (non-hydrogen) atoms. The molecule has 5 heteroatoms. The van der Waals surface area contributed by atoms with Crippen LogP contribution in [-0.4, -0.2) is 63.1 Å². The first kappa shape index (κ1) is 26.0. The molecule has 148 valence electrons. The molecule has 5 nitrogen and oxygen atoms in total. The highest BCUT2D eigenvalue weighted by Gasteiger charge is 1.91. The summed E-state index contributed by atoms with van der Waals surface area (Å²) in [6, 6.07) is 0. The van der Waals surface area contributed by atoms with Gasteiger partial charge < -0.3 is 24.4 Å². The van der Waals surface area contributed by atoms with Gasteiger partial charge in [0.2, 0.25) is 0 Å². The van der Waals surface area contributed by atoms with Gasteiger partial charge in [-0.25, -0.2) is 0 Å². The lowest BCUT2D eigenvalue weighted by Gasteiger charge is -2.03. The lowest BCUT2D eigenvalue weighted by atomic mass is 10.1. The van der Waals surface area contributed by atoms with Gasteiger partial charge in [-0.2, -0.15) is 0 Å². The molecule has 0 unspecified atom stereocenters. The summed E-state index contributed by atoms with van der Waals surface area (Å²) in [5.74, 6) is 0. The molecule has 0 aromatic carbocycles. The lowest BCUT2D eigenvalue weighted by Crippen LogP contribution is -2.09. The van der Waals surface area contributed by atoms with Crippen LogP contribution in [0.2, 0.25) is 0 Å². The van der Waals surface area contributed by atoms with Crippen LogP contribution < -0.4 is 0 Å². The Morgan fingerprint density at radius 3 is 1.33 bits per heavy atom. The Kier molecular flexibility index (Phi) is 30.0. The van der Waals surface area contributed by atoms with E-state index in [1.54, 1.807) is 0 Å². The van der Waals surface area contributed by atoms with Crippen LogP contribution in [0.15, 0.2) is 0 Å². The molecule has 0 spiro atoms.